The summed E-state index contributed by atoms with van der Waals surface area (Å²) in [6.07, 6.45) is 0.956. The number of H-pyrrole nitrogens is 1. The number of methoxy groups -OCH3 is 1. The lowest BCUT2D eigenvalue weighted by Gasteiger charge is -2.09. The molecule has 4 rings (SSSR count). The molecule has 150 valence electrons. The third-order valence-corrected chi connectivity index (χ3v) is 4.92. The van der Waals surface area contributed by atoms with Gasteiger partial charge >= 0.3 is 0 Å². The predicted molar refractivity (Wildman–Crippen MR) is 113 cm³/mol. The summed E-state index contributed by atoms with van der Waals surface area (Å²) in [6, 6.07) is 11.1. The average Bonchev–Trinajstić information content (AvgIpc) is 3.27. The molecule has 8 heteroatoms. The minimum absolute atomic E-state index is 0.448. The van der Waals surface area contributed by atoms with Crippen molar-refractivity contribution in [2.24, 2.45) is 5.73 Å². The van der Waals surface area contributed by atoms with Crippen LogP contribution in [0, 0.1) is 0 Å². The number of aryl methyl sites for hydroxylation is 1. The van der Waals surface area contributed by atoms with Gasteiger partial charge in [0, 0.05) is 23.6 Å². The van der Waals surface area contributed by atoms with Crippen LogP contribution in [0.15, 0.2) is 36.4 Å². The van der Waals surface area contributed by atoms with Gasteiger partial charge in [-0.05, 0) is 57.4 Å². The number of fused-ring (bicyclic) bond motifs is 2. The van der Waals surface area contributed by atoms with Gasteiger partial charge in [0.25, 0.3) is 0 Å². The molecule has 1 amide bonds. The van der Waals surface area contributed by atoms with Gasteiger partial charge < -0.3 is 20.4 Å². The van der Waals surface area contributed by atoms with Gasteiger partial charge in [-0.25, -0.2) is 4.98 Å². The van der Waals surface area contributed by atoms with E-state index >= 15 is 0 Å². The number of nitrogens with one attached hydrogen (secondary N) is 1. The topological polar surface area (TPSA) is 102 Å². The second kappa shape index (κ2) is 7.56. The summed E-state index contributed by atoms with van der Waals surface area (Å²) in [6.45, 7) is 1.72. The number of ether oxygens (including phenoxy) is 1. The number of amides is 1. The van der Waals surface area contributed by atoms with Gasteiger partial charge in [0.1, 0.15) is 11.4 Å². The number of primary amides is 1. The Morgan fingerprint density at radius 2 is 2.07 bits per heavy atom. The zero-order valence-corrected chi connectivity index (χ0v) is 16.8. The summed E-state index contributed by atoms with van der Waals surface area (Å²) in [5.41, 5.74) is 9.27. The minimum Gasteiger partial charge on any atom is -0.497 e. The molecule has 0 aliphatic rings. The number of carbonyl (C=O) groups is 1. The summed E-state index contributed by atoms with van der Waals surface area (Å²) < 4.78 is 7.26. The number of nitrogens with zero attached hydrogens (tertiary/aromatic N) is 4. The largest absolute Gasteiger partial charge is 0.497 e. The number of nitrogens with two attached hydrogens (primary N) is 1. The third kappa shape index (κ3) is 3.66. The molecule has 8 nitrogen and oxygen atoms in total. The van der Waals surface area contributed by atoms with E-state index in [1.807, 2.05) is 28.9 Å². The van der Waals surface area contributed by atoms with Crippen LogP contribution < -0.4 is 10.5 Å². The molecule has 2 aromatic carbocycles. The molecule has 4 aromatic rings. The van der Waals surface area contributed by atoms with E-state index in [0.29, 0.717) is 17.1 Å². The van der Waals surface area contributed by atoms with E-state index in [9.17, 15) is 4.79 Å². The fourth-order valence-electron chi connectivity index (χ4n) is 3.44. The zero-order valence-electron chi connectivity index (χ0n) is 16.8. The summed E-state index contributed by atoms with van der Waals surface area (Å²) in [4.78, 5) is 21.9. The number of aromatic amines is 1. The van der Waals surface area contributed by atoms with Crippen LogP contribution in [0.2, 0.25) is 0 Å². The number of rotatable bonds is 7. The van der Waals surface area contributed by atoms with Crippen LogP contribution in [0.5, 0.6) is 5.75 Å². The van der Waals surface area contributed by atoms with Gasteiger partial charge in [0.2, 0.25) is 5.91 Å². The predicted octanol–water partition coefficient (Wildman–Crippen LogP) is 2.64. The first kappa shape index (κ1) is 18.9. The highest BCUT2D eigenvalue weighted by Gasteiger charge is 2.17. The van der Waals surface area contributed by atoms with Gasteiger partial charge in [-0.3, -0.25) is 9.48 Å². The first-order valence-corrected chi connectivity index (χ1v) is 9.45. The Morgan fingerprint density at radius 3 is 2.79 bits per heavy atom. The highest BCUT2D eigenvalue weighted by Crippen LogP contribution is 2.30. The Labute approximate surface area is 168 Å². The molecule has 0 spiro atoms. The van der Waals surface area contributed by atoms with Crippen molar-refractivity contribution >= 4 is 27.8 Å². The molecule has 0 saturated heterocycles. The van der Waals surface area contributed by atoms with Gasteiger partial charge in [0.15, 0.2) is 5.82 Å². The Morgan fingerprint density at radius 1 is 1.24 bits per heavy atom. The van der Waals surface area contributed by atoms with Crippen LogP contribution in [0.4, 0.5) is 0 Å². The highest BCUT2D eigenvalue weighted by molar-refractivity contribution is 6.01. The van der Waals surface area contributed by atoms with Gasteiger partial charge in [-0.1, -0.05) is 0 Å². The van der Waals surface area contributed by atoms with Gasteiger partial charge in [-0.2, -0.15) is 5.10 Å². The molecule has 2 aromatic heterocycles. The molecule has 0 fully saturated rings. The van der Waals surface area contributed by atoms with E-state index in [2.05, 4.69) is 24.0 Å². The van der Waals surface area contributed by atoms with Crippen molar-refractivity contribution in [3.05, 3.63) is 42.0 Å². The average molecular weight is 392 g/mol. The highest BCUT2D eigenvalue weighted by atomic mass is 16.5. The first-order chi connectivity index (χ1) is 14.0. The second-order valence-corrected chi connectivity index (χ2v) is 7.29. The number of carbonyl (C=O) groups excluding carboxylic acids is 1. The molecular formula is C21H24N6O2. The maximum atomic E-state index is 11.7. The molecule has 0 aliphatic heterocycles. The standard InChI is InChI=1S/C21H24N6O2/c1-26(2)9-4-10-27-18-8-5-13(20(22)28)11-15(18)19(25-27)21-23-16-7-6-14(29-3)12-17(16)24-21/h5-8,11-12H,4,9-10H2,1-3H3,(H2,22,28)(H,23,24). The molecule has 0 bridgehead atoms. The monoisotopic (exact) mass is 392 g/mol. The summed E-state index contributed by atoms with van der Waals surface area (Å²) in [7, 11) is 5.73. The Bertz CT molecular complexity index is 1190. The maximum absolute atomic E-state index is 11.7. The Kier molecular flexibility index (Phi) is 4.94. The fourth-order valence-corrected chi connectivity index (χ4v) is 3.44. The van der Waals surface area contributed by atoms with E-state index in [1.165, 1.54) is 0 Å². The van der Waals surface area contributed by atoms with E-state index in [4.69, 9.17) is 20.6 Å². The number of aromatic nitrogens is 4. The molecule has 0 saturated carbocycles. The van der Waals surface area contributed by atoms with Crippen LogP contribution in [-0.2, 0) is 6.54 Å². The van der Waals surface area contributed by atoms with Crippen LogP contribution in [0.25, 0.3) is 33.5 Å². The van der Waals surface area contributed by atoms with Gasteiger partial charge in [-0.15, -0.1) is 0 Å². The zero-order chi connectivity index (χ0) is 20.5. The molecule has 29 heavy (non-hydrogen) atoms. The van der Waals surface area contributed by atoms with Crippen molar-refractivity contribution in [2.45, 2.75) is 13.0 Å². The Hall–Kier alpha value is -3.39. The molecule has 0 unspecified atom stereocenters. The molecule has 0 atom stereocenters. The number of hydrogen-bond acceptors (Lipinski definition) is 5. The molecule has 2 heterocycles. The van der Waals surface area contributed by atoms with Crippen LogP contribution in [0.3, 0.4) is 0 Å². The number of imidazole rings is 1. The van der Waals surface area contributed by atoms with Crippen LogP contribution in [-0.4, -0.2) is 58.3 Å². The maximum Gasteiger partial charge on any atom is 0.248 e. The smallest absolute Gasteiger partial charge is 0.248 e. The summed E-state index contributed by atoms with van der Waals surface area (Å²) >= 11 is 0. The van der Waals surface area contributed by atoms with Crippen molar-refractivity contribution in [1.82, 2.24) is 24.6 Å². The van der Waals surface area contributed by atoms with Crippen molar-refractivity contribution in [3.63, 3.8) is 0 Å². The lowest BCUT2D eigenvalue weighted by molar-refractivity contribution is 0.100. The van der Waals surface area contributed by atoms with Gasteiger partial charge in [0.05, 0.1) is 23.7 Å². The summed E-state index contributed by atoms with van der Waals surface area (Å²) in [5.74, 6) is 0.932. The number of benzene rings is 2. The fraction of sp³-hybridized carbons (Fsp3) is 0.286. The normalized spacial score (nSPS) is 11.6. The third-order valence-electron chi connectivity index (χ3n) is 4.92. The van der Waals surface area contributed by atoms with Crippen molar-refractivity contribution in [3.8, 4) is 17.3 Å². The lowest BCUT2D eigenvalue weighted by Crippen LogP contribution is -2.15. The SMILES string of the molecule is COc1ccc2nc(-c3nn(CCCN(C)C)c4ccc(C(N)=O)cc34)[nH]c2c1. The van der Waals surface area contributed by atoms with E-state index < -0.39 is 5.91 Å². The van der Waals surface area contributed by atoms with E-state index in [1.54, 1.807) is 19.2 Å². The first-order valence-electron chi connectivity index (χ1n) is 9.45. The Balaban J connectivity index is 1.83. The number of hydrogen-bond donors (Lipinski definition) is 2. The molecule has 0 aliphatic carbocycles. The van der Waals surface area contributed by atoms with Crippen LogP contribution in [0.1, 0.15) is 16.8 Å². The summed E-state index contributed by atoms with van der Waals surface area (Å²) in [5, 5.41) is 5.66. The quantitative estimate of drug-likeness (QED) is 0.503. The molecule has 3 N–H and O–H groups in total. The minimum atomic E-state index is -0.465. The lowest BCUT2D eigenvalue weighted by atomic mass is 10.1. The van der Waals surface area contributed by atoms with Crippen molar-refractivity contribution < 1.29 is 9.53 Å². The van der Waals surface area contributed by atoms with Crippen LogP contribution >= 0.6 is 0 Å². The van der Waals surface area contributed by atoms with E-state index in [-0.39, 0.29) is 0 Å². The van der Waals surface area contributed by atoms with Crippen molar-refractivity contribution in [2.75, 3.05) is 27.7 Å². The van der Waals surface area contributed by atoms with Crippen molar-refractivity contribution in [1.29, 1.82) is 0 Å². The molecular weight excluding hydrogens is 368 g/mol. The van der Waals surface area contributed by atoms with E-state index in [0.717, 1.165) is 47.2 Å². The second-order valence-electron chi connectivity index (χ2n) is 7.29. The molecule has 0 radical (unpaired) electrons.